The average Bonchev–Trinajstić information content (AvgIpc) is 3.51. The van der Waals surface area contributed by atoms with E-state index in [0.29, 0.717) is 17.5 Å². The maximum atomic E-state index is 6.34. The van der Waals surface area contributed by atoms with Gasteiger partial charge in [0.1, 0.15) is 11.2 Å². The molecule has 0 saturated heterocycles. The molecule has 0 amide bonds. The SMILES string of the molecule is CC1(C)CC(C)(C)c2cc(-c3ccc(-c4nc(-c5ccccc5)nc(-c5cccc6c5oc5ccccc56)n4)cn3)[c-]cc21.[Ir]. The Morgan fingerprint density at radius 3 is 2.13 bits per heavy atom. The van der Waals surface area contributed by atoms with Crippen molar-refractivity contribution in [3.05, 3.63) is 120 Å². The first kappa shape index (κ1) is 29.2. The van der Waals surface area contributed by atoms with Gasteiger partial charge in [0.25, 0.3) is 0 Å². The summed E-state index contributed by atoms with van der Waals surface area (Å²) in [4.78, 5) is 19.7. The minimum atomic E-state index is 0. The second-order valence-corrected chi connectivity index (χ2v) is 13.0. The van der Waals surface area contributed by atoms with Gasteiger partial charge in [-0.15, -0.1) is 34.9 Å². The standard InChI is InChI=1S/C39H31N4O.Ir/c1-38(2)23-39(3,4)31-21-25(17-19-30(31)38)32-20-18-26(22-40-32)36-41-35(24-11-6-5-7-12-24)42-37(43-36)29-15-10-14-28-27-13-8-9-16-33(27)44-34(28)29;/h5-16,18-22H,23H2,1-4H3;/q-1;. The van der Waals surface area contributed by atoms with Gasteiger partial charge < -0.3 is 9.40 Å². The van der Waals surface area contributed by atoms with Crippen LogP contribution in [0.2, 0.25) is 0 Å². The van der Waals surface area contributed by atoms with Crippen molar-refractivity contribution in [2.24, 2.45) is 0 Å². The minimum absolute atomic E-state index is 0. The van der Waals surface area contributed by atoms with Crippen LogP contribution in [0.5, 0.6) is 0 Å². The summed E-state index contributed by atoms with van der Waals surface area (Å²) in [6.07, 6.45) is 2.97. The van der Waals surface area contributed by atoms with Crippen molar-refractivity contribution in [2.45, 2.75) is 44.9 Å². The molecule has 1 aliphatic carbocycles. The van der Waals surface area contributed by atoms with Crippen LogP contribution in [0, 0.1) is 6.07 Å². The number of nitrogens with zero attached hydrogens (tertiary/aromatic N) is 4. The van der Waals surface area contributed by atoms with Gasteiger partial charge in [0.2, 0.25) is 0 Å². The fraction of sp³-hybridized carbons (Fsp3) is 0.179. The molecule has 3 heterocycles. The van der Waals surface area contributed by atoms with Gasteiger partial charge >= 0.3 is 0 Å². The fourth-order valence-electron chi connectivity index (χ4n) is 7.01. The van der Waals surface area contributed by atoms with E-state index in [4.69, 9.17) is 24.4 Å². The number of benzene rings is 4. The number of pyridine rings is 1. The van der Waals surface area contributed by atoms with E-state index in [0.717, 1.165) is 56.3 Å². The molecule has 5 nitrogen and oxygen atoms in total. The smallest absolute Gasteiger partial charge is 0.167 e. The first-order valence-electron chi connectivity index (χ1n) is 15.0. The number of rotatable bonds is 4. The number of aromatic nitrogens is 4. The monoisotopic (exact) mass is 764 g/mol. The van der Waals surface area contributed by atoms with Crippen molar-refractivity contribution < 1.29 is 24.5 Å². The maximum Gasteiger partial charge on any atom is 0.167 e. The Morgan fingerprint density at radius 2 is 1.36 bits per heavy atom. The molecule has 7 aromatic rings. The van der Waals surface area contributed by atoms with Gasteiger partial charge in [0.15, 0.2) is 17.5 Å². The summed E-state index contributed by atoms with van der Waals surface area (Å²) in [7, 11) is 0. The summed E-state index contributed by atoms with van der Waals surface area (Å²) in [6, 6.07) is 36.2. The van der Waals surface area contributed by atoms with Crippen molar-refractivity contribution in [3.63, 3.8) is 0 Å². The molecule has 1 radical (unpaired) electrons. The van der Waals surface area contributed by atoms with E-state index < -0.39 is 0 Å². The van der Waals surface area contributed by atoms with E-state index in [1.165, 1.54) is 11.1 Å². The molecule has 1 aliphatic rings. The molecule has 0 fully saturated rings. The topological polar surface area (TPSA) is 64.7 Å². The van der Waals surface area contributed by atoms with Crippen molar-refractivity contribution in [3.8, 4) is 45.4 Å². The minimum Gasteiger partial charge on any atom is -0.455 e. The van der Waals surface area contributed by atoms with Crippen LogP contribution in [0.4, 0.5) is 0 Å². The van der Waals surface area contributed by atoms with Gasteiger partial charge in [-0.05, 0) is 35.1 Å². The van der Waals surface area contributed by atoms with Crippen LogP contribution in [0.3, 0.4) is 0 Å². The van der Waals surface area contributed by atoms with E-state index in [-0.39, 0.29) is 30.9 Å². The summed E-state index contributed by atoms with van der Waals surface area (Å²) >= 11 is 0. The number of hydrogen-bond acceptors (Lipinski definition) is 5. The van der Waals surface area contributed by atoms with E-state index in [1.807, 2.05) is 79.0 Å². The molecule has 0 atom stereocenters. The summed E-state index contributed by atoms with van der Waals surface area (Å²) in [5.41, 5.74) is 9.05. The number of fused-ring (bicyclic) bond motifs is 4. The molecule has 0 bridgehead atoms. The van der Waals surface area contributed by atoms with Crippen molar-refractivity contribution in [1.29, 1.82) is 0 Å². The van der Waals surface area contributed by atoms with Crippen LogP contribution in [-0.4, -0.2) is 19.9 Å². The third kappa shape index (κ3) is 4.99. The Morgan fingerprint density at radius 1 is 0.667 bits per heavy atom. The van der Waals surface area contributed by atoms with E-state index in [1.54, 1.807) is 0 Å². The maximum absolute atomic E-state index is 6.34. The zero-order valence-corrected chi connectivity index (χ0v) is 27.9. The zero-order valence-electron chi connectivity index (χ0n) is 25.6. The molecule has 8 rings (SSSR count). The van der Waals surface area contributed by atoms with Crippen LogP contribution in [-0.2, 0) is 30.9 Å². The number of hydrogen-bond donors (Lipinski definition) is 0. The predicted molar refractivity (Wildman–Crippen MR) is 176 cm³/mol. The molecule has 0 saturated carbocycles. The first-order chi connectivity index (χ1) is 21.3. The van der Waals surface area contributed by atoms with Gasteiger partial charge in [-0.3, -0.25) is 0 Å². The molecular formula is C39H31IrN4O-. The van der Waals surface area contributed by atoms with E-state index in [2.05, 4.69) is 58.0 Å². The largest absolute Gasteiger partial charge is 0.455 e. The second kappa shape index (κ2) is 10.8. The summed E-state index contributed by atoms with van der Waals surface area (Å²) in [6.45, 7) is 9.30. The molecule has 0 aliphatic heterocycles. The molecule has 4 aromatic carbocycles. The molecular weight excluding hydrogens is 733 g/mol. The number of para-hydroxylation sites is 2. The molecule has 3 aromatic heterocycles. The Labute approximate surface area is 276 Å². The number of furan rings is 1. The second-order valence-electron chi connectivity index (χ2n) is 13.0. The fourth-order valence-corrected chi connectivity index (χ4v) is 7.01. The van der Waals surface area contributed by atoms with Gasteiger partial charge in [0, 0.05) is 48.2 Å². The third-order valence-electron chi connectivity index (χ3n) is 8.90. The first-order valence-corrected chi connectivity index (χ1v) is 15.0. The zero-order chi connectivity index (χ0) is 30.1. The van der Waals surface area contributed by atoms with Gasteiger partial charge in [-0.2, -0.15) is 0 Å². The van der Waals surface area contributed by atoms with Gasteiger partial charge in [-0.1, -0.05) is 100 Å². The Hall–Kier alpha value is -4.51. The molecule has 223 valence electrons. The van der Waals surface area contributed by atoms with Crippen molar-refractivity contribution in [2.75, 3.05) is 0 Å². The summed E-state index contributed by atoms with van der Waals surface area (Å²) in [5.74, 6) is 1.71. The Balaban J connectivity index is 0.00000325. The molecule has 0 unspecified atom stereocenters. The van der Waals surface area contributed by atoms with Gasteiger partial charge in [-0.25, -0.2) is 15.0 Å². The molecule has 45 heavy (non-hydrogen) atoms. The van der Waals surface area contributed by atoms with Crippen LogP contribution in [0.1, 0.15) is 45.2 Å². The van der Waals surface area contributed by atoms with Crippen LogP contribution < -0.4 is 0 Å². The summed E-state index contributed by atoms with van der Waals surface area (Å²) < 4.78 is 6.34. The third-order valence-corrected chi connectivity index (χ3v) is 8.90. The molecule has 6 heteroatoms. The molecule has 0 N–H and O–H groups in total. The van der Waals surface area contributed by atoms with E-state index >= 15 is 0 Å². The summed E-state index contributed by atoms with van der Waals surface area (Å²) in [5, 5.41) is 2.10. The quantitative estimate of drug-likeness (QED) is 0.167. The van der Waals surface area contributed by atoms with Crippen molar-refractivity contribution in [1.82, 2.24) is 19.9 Å². The normalized spacial score (nSPS) is 14.8. The van der Waals surface area contributed by atoms with Gasteiger partial charge in [0.05, 0.1) is 5.56 Å². The van der Waals surface area contributed by atoms with Crippen LogP contribution in [0.15, 0.2) is 108 Å². The van der Waals surface area contributed by atoms with E-state index in [9.17, 15) is 0 Å². The predicted octanol–water partition coefficient (Wildman–Crippen LogP) is 9.59. The average molecular weight is 764 g/mol. The Kier molecular flexibility index (Phi) is 7.03. The Bertz CT molecular complexity index is 2200. The van der Waals surface area contributed by atoms with Crippen molar-refractivity contribution >= 4 is 21.9 Å². The van der Waals surface area contributed by atoms with Crippen LogP contribution >= 0.6 is 0 Å². The van der Waals surface area contributed by atoms with Crippen LogP contribution in [0.25, 0.3) is 67.4 Å². The molecule has 0 spiro atoms.